The van der Waals surface area contributed by atoms with Crippen molar-refractivity contribution in [3.63, 3.8) is 0 Å². The van der Waals surface area contributed by atoms with E-state index in [0.29, 0.717) is 6.54 Å². The number of fused-ring (bicyclic) bond motifs is 1. The lowest BCUT2D eigenvalue weighted by Crippen LogP contribution is -2.29. The van der Waals surface area contributed by atoms with Crippen LogP contribution in [0.2, 0.25) is 5.02 Å². The van der Waals surface area contributed by atoms with Crippen molar-refractivity contribution in [1.29, 1.82) is 0 Å². The molecule has 0 aliphatic carbocycles. The Morgan fingerprint density at radius 2 is 1.90 bits per heavy atom. The highest BCUT2D eigenvalue weighted by molar-refractivity contribution is 6.33. The van der Waals surface area contributed by atoms with E-state index in [1.54, 1.807) is 7.11 Å². The van der Waals surface area contributed by atoms with Crippen LogP contribution in [0.4, 0.5) is 4.39 Å². The van der Waals surface area contributed by atoms with Crippen LogP contribution in [-0.4, -0.2) is 24.5 Å². The molecule has 0 radical (unpaired) electrons. The van der Waals surface area contributed by atoms with Gasteiger partial charge in [-0.3, -0.25) is 4.79 Å². The van der Waals surface area contributed by atoms with Crippen LogP contribution in [0.15, 0.2) is 72.9 Å². The number of H-pyrrole nitrogens is 1. The largest absolute Gasteiger partial charge is 0.497 e. The van der Waals surface area contributed by atoms with Gasteiger partial charge in [-0.05, 0) is 47.5 Å². The molecule has 4 nitrogen and oxygen atoms in total. The van der Waals surface area contributed by atoms with Crippen molar-refractivity contribution in [1.82, 2.24) is 10.3 Å². The van der Waals surface area contributed by atoms with Crippen LogP contribution in [0, 0.1) is 5.82 Å². The fourth-order valence-electron chi connectivity index (χ4n) is 3.59. The smallest absolute Gasteiger partial charge is 0.252 e. The molecule has 1 atom stereocenters. The first-order chi connectivity index (χ1) is 14.6. The normalized spacial score (nSPS) is 12.0. The Balaban J connectivity index is 1.65. The molecule has 1 amide bonds. The van der Waals surface area contributed by atoms with Gasteiger partial charge in [0, 0.05) is 29.6 Å². The van der Waals surface area contributed by atoms with Gasteiger partial charge in [-0.2, -0.15) is 0 Å². The summed E-state index contributed by atoms with van der Waals surface area (Å²) in [6.45, 7) is 0.348. The number of hydrogen-bond acceptors (Lipinski definition) is 2. The molecule has 152 valence electrons. The van der Waals surface area contributed by atoms with Gasteiger partial charge < -0.3 is 15.0 Å². The highest BCUT2D eigenvalue weighted by atomic mass is 35.5. The van der Waals surface area contributed by atoms with Gasteiger partial charge in [-0.1, -0.05) is 41.9 Å². The fourth-order valence-corrected chi connectivity index (χ4v) is 3.84. The minimum Gasteiger partial charge on any atom is -0.497 e. The quantitative estimate of drug-likeness (QED) is 0.429. The lowest BCUT2D eigenvalue weighted by atomic mass is 9.90. The van der Waals surface area contributed by atoms with Crippen molar-refractivity contribution in [2.75, 3.05) is 13.7 Å². The van der Waals surface area contributed by atoms with E-state index < -0.39 is 5.82 Å². The number of amides is 1. The van der Waals surface area contributed by atoms with Crippen molar-refractivity contribution < 1.29 is 13.9 Å². The molecule has 30 heavy (non-hydrogen) atoms. The van der Waals surface area contributed by atoms with E-state index in [4.69, 9.17) is 16.3 Å². The third kappa shape index (κ3) is 4.02. The number of carbonyl (C=O) groups excluding carboxylic acids is 1. The summed E-state index contributed by atoms with van der Waals surface area (Å²) in [7, 11) is 1.62. The summed E-state index contributed by atoms with van der Waals surface area (Å²) in [4.78, 5) is 16.0. The van der Waals surface area contributed by atoms with E-state index in [1.807, 2.05) is 48.7 Å². The first-order valence-electron chi connectivity index (χ1n) is 9.50. The van der Waals surface area contributed by atoms with Crippen LogP contribution in [0.1, 0.15) is 27.4 Å². The number of halogens is 2. The van der Waals surface area contributed by atoms with Crippen LogP contribution in [0.5, 0.6) is 5.75 Å². The van der Waals surface area contributed by atoms with E-state index in [0.717, 1.165) is 33.8 Å². The summed E-state index contributed by atoms with van der Waals surface area (Å²) in [5.74, 6) is -0.168. The maximum atomic E-state index is 13.3. The summed E-state index contributed by atoms with van der Waals surface area (Å²) in [6, 6.07) is 19.6. The summed E-state index contributed by atoms with van der Waals surface area (Å²) in [6.07, 6.45) is 1.97. The molecule has 0 spiro atoms. The number of hydrogen-bond donors (Lipinski definition) is 2. The first-order valence-corrected chi connectivity index (χ1v) is 9.88. The monoisotopic (exact) mass is 422 g/mol. The maximum Gasteiger partial charge on any atom is 0.252 e. The van der Waals surface area contributed by atoms with Gasteiger partial charge in [0.15, 0.2) is 0 Å². The van der Waals surface area contributed by atoms with E-state index in [1.165, 1.54) is 12.1 Å². The average Bonchev–Trinajstić information content (AvgIpc) is 3.18. The Morgan fingerprint density at radius 1 is 1.13 bits per heavy atom. The lowest BCUT2D eigenvalue weighted by molar-refractivity contribution is 0.0952. The Hall–Kier alpha value is -3.31. The van der Waals surface area contributed by atoms with Crippen LogP contribution in [-0.2, 0) is 0 Å². The minimum absolute atomic E-state index is 0.0839. The number of methoxy groups -OCH3 is 1. The van der Waals surface area contributed by atoms with Gasteiger partial charge in [0.2, 0.25) is 0 Å². The number of para-hydroxylation sites is 1. The molecular weight excluding hydrogens is 403 g/mol. The highest BCUT2D eigenvalue weighted by Crippen LogP contribution is 2.31. The molecule has 0 saturated heterocycles. The van der Waals surface area contributed by atoms with Crippen LogP contribution in [0.25, 0.3) is 10.9 Å². The third-order valence-electron chi connectivity index (χ3n) is 5.16. The molecule has 1 aromatic heterocycles. The molecule has 0 bridgehead atoms. The SMILES string of the molecule is COc1ccc(C(CNC(=O)c2ccc(F)cc2Cl)c2c[nH]c3ccccc23)cc1. The Bertz CT molecular complexity index is 1190. The molecule has 1 heterocycles. The Labute approximate surface area is 178 Å². The van der Waals surface area contributed by atoms with Crippen LogP contribution >= 0.6 is 11.6 Å². The summed E-state index contributed by atoms with van der Waals surface area (Å²) >= 11 is 6.05. The van der Waals surface area contributed by atoms with Crippen LogP contribution < -0.4 is 10.1 Å². The van der Waals surface area contributed by atoms with E-state index in [-0.39, 0.29) is 22.4 Å². The molecular formula is C24H20ClFN2O2. The van der Waals surface area contributed by atoms with Crippen LogP contribution in [0.3, 0.4) is 0 Å². The zero-order chi connectivity index (χ0) is 21.1. The Kier molecular flexibility index (Phi) is 5.72. The van der Waals surface area contributed by atoms with E-state index in [9.17, 15) is 9.18 Å². The second-order valence-corrected chi connectivity index (χ2v) is 7.36. The average molecular weight is 423 g/mol. The predicted octanol–water partition coefficient (Wildman–Crippen LogP) is 5.53. The van der Waals surface area contributed by atoms with Crippen molar-refractivity contribution >= 4 is 28.4 Å². The molecule has 0 aliphatic heterocycles. The van der Waals surface area contributed by atoms with Gasteiger partial charge in [0.05, 0.1) is 17.7 Å². The van der Waals surface area contributed by atoms with E-state index in [2.05, 4.69) is 16.4 Å². The molecule has 1 unspecified atom stereocenters. The molecule has 0 fully saturated rings. The molecule has 4 rings (SSSR count). The fraction of sp³-hybridized carbons (Fsp3) is 0.125. The zero-order valence-corrected chi connectivity index (χ0v) is 17.0. The number of ether oxygens (including phenoxy) is 1. The summed E-state index contributed by atoms with van der Waals surface area (Å²) < 4.78 is 18.6. The zero-order valence-electron chi connectivity index (χ0n) is 16.3. The molecule has 6 heteroatoms. The molecule has 4 aromatic rings. The first kappa shape index (κ1) is 20.0. The predicted molar refractivity (Wildman–Crippen MR) is 117 cm³/mol. The number of rotatable bonds is 6. The van der Waals surface area contributed by atoms with Crippen molar-refractivity contribution in [3.05, 3.63) is 100 Å². The maximum absolute atomic E-state index is 13.3. The number of aromatic nitrogens is 1. The molecule has 0 saturated carbocycles. The third-order valence-corrected chi connectivity index (χ3v) is 5.47. The van der Waals surface area contributed by atoms with Gasteiger partial charge in [-0.15, -0.1) is 0 Å². The topological polar surface area (TPSA) is 54.1 Å². The van der Waals surface area contributed by atoms with Crippen molar-refractivity contribution in [2.24, 2.45) is 0 Å². The van der Waals surface area contributed by atoms with Gasteiger partial charge in [-0.25, -0.2) is 4.39 Å². The standard InChI is InChI=1S/C24H20ClFN2O2/c1-30-17-9-6-15(7-10-17)20(21-14-27-23-5-3-2-4-18(21)23)13-28-24(29)19-11-8-16(26)12-22(19)25/h2-12,14,20,27H,13H2,1H3,(H,28,29). The number of carbonyl (C=O) groups is 1. The number of aromatic amines is 1. The number of nitrogens with one attached hydrogen (secondary N) is 2. The molecule has 2 N–H and O–H groups in total. The Morgan fingerprint density at radius 3 is 2.63 bits per heavy atom. The van der Waals surface area contributed by atoms with Gasteiger partial charge in [0.1, 0.15) is 11.6 Å². The van der Waals surface area contributed by atoms with Gasteiger partial charge >= 0.3 is 0 Å². The minimum atomic E-state index is -0.480. The second kappa shape index (κ2) is 8.59. The summed E-state index contributed by atoms with van der Waals surface area (Å²) in [5, 5.41) is 4.12. The second-order valence-electron chi connectivity index (χ2n) is 6.95. The van der Waals surface area contributed by atoms with E-state index >= 15 is 0 Å². The van der Waals surface area contributed by atoms with Crippen molar-refractivity contribution in [2.45, 2.75) is 5.92 Å². The van der Waals surface area contributed by atoms with Crippen molar-refractivity contribution in [3.8, 4) is 5.75 Å². The highest BCUT2D eigenvalue weighted by Gasteiger charge is 2.20. The number of benzene rings is 3. The molecule has 3 aromatic carbocycles. The summed E-state index contributed by atoms with van der Waals surface area (Å²) in [5.41, 5.74) is 3.37. The molecule has 0 aliphatic rings. The lowest BCUT2D eigenvalue weighted by Gasteiger charge is -2.19. The van der Waals surface area contributed by atoms with Gasteiger partial charge in [0.25, 0.3) is 5.91 Å².